The van der Waals surface area contributed by atoms with E-state index < -0.39 is 21.2 Å². The molecule has 0 aliphatic carbocycles. The highest BCUT2D eigenvalue weighted by Gasteiger charge is 1.97. The first-order valence-corrected chi connectivity index (χ1v) is 5.62. The standard InChI is InChI=1S/C10H7IO/c12-11-10-7-3-5-8-4-1-2-6-9(8)10/h1-7H. The van der Waals surface area contributed by atoms with E-state index >= 15 is 0 Å². The number of fused-ring (bicyclic) bond motifs is 1. The van der Waals surface area contributed by atoms with Crippen molar-refractivity contribution in [3.63, 3.8) is 0 Å². The van der Waals surface area contributed by atoms with Gasteiger partial charge in [-0.3, -0.25) is 3.07 Å². The number of benzene rings is 2. The van der Waals surface area contributed by atoms with Crippen LogP contribution in [-0.2, 0) is 3.07 Å². The van der Waals surface area contributed by atoms with Gasteiger partial charge < -0.3 is 0 Å². The minimum absolute atomic E-state index is 0.993. The SMILES string of the molecule is O=Ic1cccc2ccccc12. The Labute approximate surface area is 81.0 Å². The first-order chi connectivity index (χ1) is 5.92. The van der Waals surface area contributed by atoms with E-state index in [1.165, 1.54) is 5.39 Å². The predicted molar refractivity (Wildman–Crippen MR) is 57.4 cm³/mol. The Hall–Kier alpha value is -0.770. The van der Waals surface area contributed by atoms with Crippen molar-refractivity contribution in [2.24, 2.45) is 0 Å². The monoisotopic (exact) mass is 270 g/mol. The molecule has 0 heterocycles. The van der Waals surface area contributed by atoms with E-state index in [0.29, 0.717) is 0 Å². The first-order valence-electron chi connectivity index (χ1n) is 3.66. The molecule has 0 aromatic heterocycles. The van der Waals surface area contributed by atoms with Gasteiger partial charge in [0.05, 0.1) is 3.57 Å². The van der Waals surface area contributed by atoms with E-state index in [9.17, 15) is 3.07 Å². The maximum Gasteiger partial charge on any atom is 0.182 e. The molecule has 0 N–H and O–H groups in total. The molecule has 0 bridgehead atoms. The van der Waals surface area contributed by atoms with Crippen molar-refractivity contribution in [3.8, 4) is 0 Å². The second-order valence-electron chi connectivity index (χ2n) is 2.54. The fourth-order valence-corrected chi connectivity index (χ4v) is 2.34. The van der Waals surface area contributed by atoms with Crippen LogP contribution in [0.3, 0.4) is 0 Å². The van der Waals surface area contributed by atoms with E-state index in [1.54, 1.807) is 0 Å². The van der Waals surface area contributed by atoms with Crippen LogP contribution in [0.2, 0.25) is 0 Å². The van der Waals surface area contributed by atoms with Crippen LogP contribution in [0, 0.1) is 3.57 Å². The number of hydrogen-bond donors (Lipinski definition) is 0. The zero-order valence-corrected chi connectivity index (χ0v) is 8.49. The lowest BCUT2D eigenvalue weighted by Gasteiger charge is -1.97. The number of rotatable bonds is 1. The van der Waals surface area contributed by atoms with Crippen molar-refractivity contribution < 1.29 is 3.07 Å². The van der Waals surface area contributed by atoms with Gasteiger partial charge in [0.25, 0.3) is 0 Å². The molecule has 2 heteroatoms. The fourth-order valence-electron chi connectivity index (χ4n) is 1.25. The highest BCUT2D eigenvalue weighted by atomic mass is 127. The Morgan fingerprint density at radius 2 is 1.67 bits per heavy atom. The van der Waals surface area contributed by atoms with Crippen LogP contribution in [0.1, 0.15) is 0 Å². The van der Waals surface area contributed by atoms with Gasteiger partial charge in [0.2, 0.25) is 0 Å². The third-order valence-corrected chi connectivity index (χ3v) is 3.23. The average Bonchev–Trinajstić information content (AvgIpc) is 2.17. The molecule has 0 aliphatic heterocycles. The maximum absolute atomic E-state index is 10.9. The van der Waals surface area contributed by atoms with Crippen molar-refractivity contribution in [2.45, 2.75) is 0 Å². The molecule has 2 aromatic rings. The summed E-state index contributed by atoms with van der Waals surface area (Å²) in [4.78, 5) is 0. The quantitative estimate of drug-likeness (QED) is 0.726. The molecule has 2 aromatic carbocycles. The fraction of sp³-hybridized carbons (Fsp3) is 0. The average molecular weight is 270 g/mol. The molecule has 0 atom stereocenters. The van der Waals surface area contributed by atoms with Gasteiger partial charge in [0, 0.05) is 0 Å². The predicted octanol–water partition coefficient (Wildman–Crippen LogP) is 3.33. The number of hydrogen-bond acceptors (Lipinski definition) is 1. The highest BCUT2D eigenvalue weighted by Crippen LogP contribution is 2.22. The van der Waals surface area contributed by atoms with E-state index in [1.807, 2.05) is 42.5 Å². The van der Waals surface area contributed by atoms with Crippen molar-refractivity contribution in [1.82, 2.24) is 0 Å². The molecule has 0 amide bonds. The molecule has 0 spiro atoms. The molecule has 0 unspecified atom stereocenters. The topological polar surface area (TPSA) is 17.1 Å². The summed E-state index contributed by atoms with van der Waals surface area (Å²) in [7, 11) is 0. The van der Waals surface area contributed by atoms with Crippen molar-refractivity contribution >= 4 is 32.0 Å². The second kappa shape index (κ2) is 3.31. The van der Waals surface area contributed by atoms with Crippen LogP contribution < -0.4 is 0 Å². The first kappa shape index (κ1) is 7.86. The largest absolute Gasteiger partial charge is 0.265 e. The maximum atomic E-state index is 10.9. The molecule has 0 saturated heterocycles. The van der Waals surface area contributed by atoms with Crippen LogP contribution in [-0.4, -0.2) is 0 Å². The van der Waals surface area contributed by atoms with Crippen LogP contribution in [0.5, 0.6) is 0 Å². The van der Waals surface area contributed by atoms with Gasteiger partial charge in [0.15, 0.2) is 21.2 Å². The summed E-state index contributed by atoms with van der Waals surface area (Å²) in [5.41, 5.74) is 0. The van der Waals surface area contributed by atoms with Gasteiger partial charge in [-0.25, -0.2) is 0 Å². The van der Waals surface area contributed by atoms with Crippen LogP contribution in [0.25, 0.3) is 10.8 Å². The van der Waals surface area contributed by atoms with Gasteiger partial charge >= 0.3 is 0 Å². The molecule has 0 saturated carbocycles. The van der Waals surface area contributed by atoms with Crippen LogP contribution >= 0.6 is 21.2 Å². The summed E-state index contributed by atoms with van der Waals surface area (Å²) < 4.78 is 11.8. The minimum atomic E-state index is -1.04. The Balaban J connectivity index is 2.88. The summed E-state index contributed by atoms with van der Waals surface area (Å²) in [5.74, 6) is 0. The minimum Gasteiger partial charge on any atom is -0.265 e. The van der Waals surface area contributed by atoms with Crippen molar-refractivity contribution in [2.75, 3.05) is 0 Å². The normalized spacial score (nSPS) is 10.3. The van der Waals surface area contributed by atoms with Gasteiger partial charge in [-0.1, -0.05) is 36.4 Å². The lowest BCUT2D eigenvalue weighted by Crippen LogP contribution is -1.75. The Kier molecular flexibility index (Phi) is 2.17. The Morgan fingerprint density at radius 1 is 0.917 bits per heavy atom. The Morgan fingerprint density at radius 3 is 2.50 bits per heavy atom. The van der Waals surface area contributed by atoms with E-state index in [-0.39, 0.29) is 0 Å². The molecule has 60 valence electrons. The van der Waals surface area contributed by atoms with Crippen LogP contribution in [0.15, 0.2) is 42.5 Å². The van der Waals surface area contributed by atoms with Crippen LogP contribution in [0.4, 0.5) is 0 Å². The van der Waals surface area contributed by atoms with Gasteiger partial charge in [-0.05, 0) is 16.8 Å². The summed E-state index contributed by atoms with van der Waals surface area (Å²) in [6, 6.07) is 14.0. The van der Waals surface area contributed by atoms with E-state index in [2.05, 4.69) is 0 Å². The lowest BCUT2D eigenvalue weighted by atomic mass is 10.1. The van der Waals surface area contributed by atoms with Crippen molar-refractivity contribution in [3.05, 3.63) is 46.0 Å². The Bertz CT molecular complexity index is 418. The second-order valence-corrected chi connectivity index (χ2v) is 4.14. The third-order valence-electron chi connectivity index (χ3n) is 1.82. The van der Waals surface area contributed by atoms with E-state index in [4.69, 9.17) is 0 Å². The third kappa shape index (κ3) is 1.27. The molecule has 1 nitrogen and oxygen atoms in total. The van der Waals surface area contributed by atoms with Gasteiger partial charge in [0.1, 0.15) is 0 Å². The molecular weight excluding hydrogens is 263 g/mol. The summed E-state index contributed by atoms with van der Waals surface area (Å²) in [6.07, 6.45) is 0. The molecule has 0 aliphatic rings. The summed E-state index contributed by atoms with van der Waals surface area (Å²) >= 11 is -1.04. The number of halogens is 1. The summed E-state index contributed by atoms with van der Waals surface area (Å²) in [5, 5.41) is 2.30. The van der Waals surface area contributed by atoms with Gasteiger partial charge in [-0.2, -0.15) is 0 Å². The lowest BCUT2D eigenvalue weighted by molar-refractivity contribution is 0.648. The van der Waals surface area contributed by atoms with E-state index in [0.717, 1.165) is 8.96 Å². The molecule has 2 rings (SSSR count). The summed E-state index contributed by atoms with van der Waals surface area (Å²) in [6.45, 7) is 0. The van der Waals surface area contributed by atoms with Gasteiger partial charge in [-0.15, -0.1) is 0 Å². The zero-order chi connectivity index (χ0) is 8.39. The molecule has 12 heavy (non-hydrogen) atoms. The molecular formula is C10H7IO. The smallest absolute Gasteiger partial charge is 0.182 e. The molecule has 0 fully saturated rings. The highest BCUT2D eigenvalue weighted by molar-refractivity contribution is 14.1. The van der Waals surface area contributed by atoms with Crippen molar-refractivity contribution in [1.29, 1.82) is 0 Å². The zero-order valence-electron chi connectivity index (χ0n) is 6.33. The molecule has 0 radical (unpaired) electrons.